The van der Waals surface area contributed by atoms with Gasteiger partial charge in [0, 0.05) is 16.8 Å². The molecule has 0 fully saturated rings. The maximum absolute atomic E-state index is 12.0. The Kier molecular flexibility index (Phi) is 4.60. The van der Waals surface area contributed by atoms with E-state index in [1.807, 2.05) is 12.1 Å². The van der Waals surface area contributed by atoms with Crippen LogP contribution in [0.5, 0.6) is 0 Å². The molecule has 2 aromatic rings. The Balaban J connectivity index is 2.20. The molecule has 0 atom stereocenters. The van der Waals surface area contributed by atoms with Crippen LogP contribution in [0.15, 0.2) is 59.5 Å². The second-order valence-electron chi connectivity index (χ2n) is 4.52. The van der Waals surface area contributed by atoms with Gasteiger partial charge in [0.25, 0.3) is 0 Å². The topological polar surface area (TPSA) is 51.2 Å². The van der Waals surface area contributed by atoms with Gasteiger partial charge in [-0.2, -0.15) is 0 Å². The van der Waals surface area contributed by atoms with Gasteiger partial charge in [-0.1, -0.05) is 29.8 Å². The van der Waals surface area contributed by atoms with E-state index in [9.17, 15) is 13.2 Å². The summed E-state index contributed by atoms with van der Waals surface area (Å²) in [5, 5.41) is 0.564. The Labute approximate surface area is 128 Å². The Bertz CT molecular complexity index is 791. The number of carbonyl (C=O) groups is 1. The first-order valence-electron chi connectivity index (χ1n) is 6.15. The van der Waals surface area contributed by atoms with Crippen LogP contribution in [0.25, 0.3) is 6.08 Å². The minimum Gasteiger partial charge on any atom is -0.289 e. The molecule has 0 aromatic heterocycles. The molecule has 0 aliphatic heterocycles. The molecular formula is C16H13ClO3S. The summed E-state index contributed by atoms with van der Waals surface area (Å²) in [6.07, 6.45) is 4.17. The number of sulfone groups is 1. The van der Waals surface area contributed by atoms with Crippen molar-refractivity contribution in [2.75, 3.05) is 6.26 Å². The summed E-state index contributed by atoms with van der Waals surface area (Å²) in [7, 11) is -3.25. The van der Waals surface area contributed by atoms with E-state index in [1.54, 1.807) is 18.2 Å². The number of allylic oxidation sites excluding steroid dienone is 1. The summed E-state index contributed by atoms with van der Waals surface area (Å²) in [4.78, 5) is 12.2. The average Bonchev–Trinajstić information content (AvgIpc) is 2.45. The highest BCUT2D eigenvalue weighted by Gasteiger charge is 2.08. The number of hydrogen-bond donors (Lipinski definition) is 0. The Morgan fingerprint density at radius 2 is 1.67 bits per heavy atom. The standard InChI is InChI=1S/C16H13ClO3S/c1-21(19,20)14-9-6-13(7-10-14)16(18)11-8-12-4-2-3-5-15(12)17/h2-11H,1H3/b11-8+. The summed E-state index contributed by atoms with van der Waals surface area (Å²) < 4.78 is 22.7. The molecule has 0 saturated heterocycles. The van der Waals surface area contributed by atoms with Gasteiger partial charge in [0.05, 0.1) is 4.90 Å². The number of rotatable bonds is 4. The Hall–Kier alpha value is -1.91. The molecule has 0 N–H and O–H groups in total. The largest absolute Gasteiger partial charge is 0.289 e. The maximum Gasteiger partial charge on any atom is 0.185 e. The highest BCUT2D eigenvalue weighted by molar-refractivity contribution is 7.90. The van der Waals surface area contributed by atoms with E-state index >= 15 is 0 Å². The lowest BCUT2D eigenvalue weighted by molar-refractivity contribution is 0.104. The van der Waals surface area contributed by atoms with Crippen LogP contribution in [0.3, 0.4) is 0 Å². The van der Waals surface area contributed by atoms with Crippen molar-refractivity contribution in [3.05, 3.63) is 70.8 Å². The highest BCUT2D eigenvalue weighted by Crippen LogP contribution is 2.17. The lowest BCUT2D eigenvalue weighted by atomic mass is 10.1. The molecule has 5 heteroatoms. The first kappa shape index (κ1) is 15.5. The minimum atomic E-state index is -3.25. The monoisotopic (exact) mass is 320 g/mol. The van der Waals surface area contributed by atoms with Crippen LogP contribution in [0, 0.1) is 0 Å². The zero-order chi connectivity index (χ0) is 15.5. The number of hydrogen-bond acceptors (Lipinski definition) is 3. The van der Waals surface area contributed by atoms with Crippen molar-refractivity contribution < 1.29 is 13.2 Å². The summed E-state index contributed by atoms with van der Waals surface area (Å²) >= 11 is 6.00. The molecular weight excluding hydrogens is 308 g/mol. The molecule has 0 saturated carbocycles. The molecule has 0 radical (unpaired) electrons. The smallest absolute Gasteiger partial charge is 0.185 e. The second-order valence-corrected chi connectivity index (χ2v) is 6.94. The van der Waals surface area contributed by atoms with Crippen molar-refractivity contribution in [3.8, 4) is 0 Å². The van der Waals surface area contributed by atoms with Crippen molar-refractivity contribution in [1.82, 2.24) is 0 Å². The fourth-order valence-electron chi connectivity index (χ4n) is 1.74. The third kappa shape index (κ3) is 4.03. The van der Waals surface area contributed by atoms with Crippen LogP contribution in [-0.2, 0) is 9.84 Å². The summed E-state index contributed by atoms with van der Waals surface area (Å²) in [6, 6.07) is 13.0. The van der Waals surface area contributed by atoms with E-state index in [0.29, 0.717) is 10.6 Å². The summed E-state index contributed by atoms with van der Waals surface area (Å²) in [5.74, 6) is -0.213. The molecule has 0 aliphatic rings. The molecule has 2 rings (SSSR count). The molecule has 0 aliphatic carbocycles. The van der Waals surface area contributed by atoms with Crippen molar-refractivity contribution in [1.29, 1.82) is 0 Å². The van der Waals surface area contributed by atoms with Crippen molar-refractivity contribution in [2.24, 2.45) is 0 Å². The highest BCUT2D eigenvalue weighted by atomic mass is 35.5. The second kappa shape index (κ2) is 6.24. The normalized spacial score (nSPS) is 11.7. The third-order valence-corrected chi connectivity index (χ3v) is 4.36. The molecule has 0 heterocycles. The van der Waals surface area contributed by atoms with Gasteiger partial charge < -0.3 is 0 Å². The molecule has 0 amide bonds. The van der Waals surface area contributed by atoms with Gasteiger partial charge in [0.15, 0.2) is 15.6 Å². The van der Waals surface area contributed by atoms with E-state index in [4.69, 9.17) is 11.6 Å². The van der Waals surface area contributed by atoms with Gasteiger partial charge in [-0.25, -0.2) is 8.42 Å². The molecule has 0 unspecified atom stereocenters. The predicted octanol–water partition coefficient (Wildman–Crippen LogP) is 3.64. The maximum atomic E-state index is 12.0. The molecule has 3 nitrogen and oxygen atoms in total. The molecule has 2 aromatic carbocycles. The number of carbonyl (C=O) groups excluding carboxylic acids is 1. The molecule has 108 valence electrons. The molecule has 0 bridgehead atoms. The fourth-order valence-corrected chi connectivity index (χ4v) is 2.57. The van der Waals surface area contributed by atoms with Gasteiger partial charge >= 0.3 is 0 Å². The van der Waals surface area contributed by atoms with Gasteiger partial charge in [-0.3, -0.25) is 4.79 Å². The van der Waals surface area contributed by atoms with Gasteiger partial charge in [0.1, 0.15) is 0 Å². The van der Waals surface area contributed by atoms with Crippen LogP contribution in [0.1, 0.15) is 15.9 Å². The quantitative estimate of drug-likeness (QED) is 0.638. The zero-order valence-electron chi connectivity index (χ0n) is 11.3. The Morgan fingerprint density at radius 1 is 1.05 bits per heavy atom. The SMILES string of the molecule is CS(=O)(=O)c1ccc(C(=O)/C=C/c2ccccc2Cl)cc1. The van der Waals surface area contributed by atoms with Crippen LogP contribution >= 0.6 is 11.6 Å². The average molecular weight is 321 g/mol. The first-order valence-corrected chi connectivity index (χ1v) is 8.42. The molecule has 0 spiro atoms. The number of benzene rings is 2. The lowest BCUT2D eigenvalue weighted by Gasteiger charge is -2.00. The fraction of sp³-hybridized carbons (Fsp3) is 0.0625. The predicted molar refractivity (Wildman–Crippen MR) is 84.4 cm³/mol. The van der Waals surface area contributed by atoms with E-state index in [1.165, 1.54) is 30.3 Å². The van der Waals surface area contributed by atoms with E-state index < -0.39 is 9.84 Å². The van der Waals surface area contributed by atoms with E-state index in [-0.39, 0.29) is 10.7 Å². The van der Waals surface area contributed by atoms with Crippen LogP contribution in [-0.4, -0.2) is 20.5 Å². The third-order valence-electron chi connectivity index (χ3n) is 2.89. The minimum absolute atomic E-state index is 0.189. The van der Waals surface area contributed by atoms with Gasteiger partial charge in [-0.15, -0.1) is 0 Å². The van der Waals surface area contributed by atoms with E-state index in [0.717, 1.165) is 11.8 Å². The number of ketones is 1. The summed E-state index contributed by atoms with van der Waals surface area (Å²) in [6.45, 7) is 0. The summed E-state index contributed by atoms with van der Waals surface area (Å²) in [5.41, 5.74) is 1.17. The van der Waals surface area contributed by atoms with Gasteiger partial charge in [0.2, 0.25) is 0 Å². The van der Waals surface area contributed by atoms with Crippen molar-refractivity contribution in [3.63, 3.8) is 0 Å². The molecule has 21 heavy (non-hydrogen) atoms. The van der Waals surface area contributed by atoms with Crippen LogP contribution < -0.4 is 0 Å². The Morgan fingerprint density at radius 3 is 2.24 bits per heavy atom. The van der Waals surface area contributed by atoms with Crippen LogP contribution in [0.4, 0.5) is 0 Å². The van der Waals surface area contributed by atoms with Gasteiger partial charge in [-0.05, 0) is 48.0 Å². The van der Waals surface area contributed by atoms with Crippen LogP contribution in [0.2, 0.25) is 5.02 Å². The zero-order valence-corrected chi connectivity index (χ0v) is 12.9. The first-order chi connectivity index (χ1) is 9.88. The lowest BCUT2D eigenvalue weighted by Crippen LogP contribution is -1.99. The number of halogens is 1. The van der Waals surface area contributed by atoms with Crippen molar-refractivity contribution >= 4 is 33.3 Å². The van der Waals surface area contributed by atoms with Crippen molar-refractivity contribution in [2.45, 2.75) is 4.90 Å². The van der Waals surface area contributed by atoms with E-state index in [2.05, 4.69) is 0 Å².